The van der Waals surface area contributed by atoms with Gasteiger partial charge in [-0.3, -0.25) is 0 Å². The number of H-pyrrole nitrogens is 1. The summed E-state index contributed by atoms with van der Waals surface area (Å²) < 4.78 is 0. The molecule has 0 spiro atoms. The van der Waals surface area contributed by atoms with Crippen molar-refractivity contribution >= 4 is 17.5 Å². The van der Waals surface area contributed by atoms with Gasteiger partial charge in [0.2, 0.25) is 0 Å². The number of nitrogens with zero attached hydrogens (tertiary/aromatic N) is 1. The van der Waals surface area contributed by atoms with E-state index in [0.29, 0.717) is 0 Å². The molecule has 0 saturated heterocycles. The Balaban J connectivity index is 3.29. The summed E-state index contributed by atoms with van der Waals surface area (Å²) in [7, 11) is 4.01. The lowest BCUT2D eigenvalue weighted by Crippen LogP contribution is -2.10. The Hall–Kier alpha value is -1.44. The van der Waals surface area contributed by atoms with Gasteiger partial charge in [0.05, 0.1) is 0 Å². The zero-order chi connectivity index (χ0) is 10.0. The molecule has 0 atom stereocenters. The highest BCUT2D eigenvalue weighted by molar-refractivity contribution is 5.80. The third kappa shape index (κ3) is 1.66. The van der Waals surface area contributed by atoms with Gasteiger partial charge >= 0.3 is 0 Å². The Labute approximate surface area is 79.6 Å². The number of aromatic nitrogens is 1. The molecule has 1 heterocycles. The van der Waals surface area contributed by atoms with Gasteiger partial charge in [-0.1, -0.05) is 19.2 Å². The molecule has 1 aromatic heterocycles. The van der Waals surface area contributed by atoms with Crippen molar-refractivity contribution in [1.29, 1.82) is 0 Å². The maximum atomic E-state index is 3.95. The molecule has 70 valence electrons. The second-order valence-electron chi connectivity index (χ2n) is 3.35. The molecule has 1 rings (SSSR count). The van der Waals surface area contributed by atoms with E-state index >= 15 is 0 Å². The van der Waals surface area contributed by atoms with Gasteiger partial charge in [-0.25, -0.2) is 0 Å². The van der Waals surface area contributed by atoms with Gasteiger partial charge in [-0.2, -0.15) is 0 Å². The van der Waals surface area contributed by atoms with Crippen LogP contribution in [0.25, 0.3) is 11.6 Å². The quantitative estimate of drug-likeness (QED) is 0.750. The second kappa shape index (κ2) is 3.52. The topological polar surface area (TPSA) is 19.0 Å². The molecule has 0 aliphatic rings. The molecule has 0 unspecified atom stereocenters. The number of allylic oxidation sites excluding steroid dienone is 1. The van der Waals surface area contributed by atoms with Crippen LogP contribution in [0.15, 0.2) is 19.4 Å². The summed E-state index contributed by atoms with van der Waals surface area (Å²) in [5, 5.41) is 0. The number of anilines is 1. The van der Waals surface area contributed by atoms with Crippen molar-refractivity contribution in [2.75, 3.05) is 19.0 Å². The summed E-state index contributed by atoms with van der Waals surface area (Å²) >= 11 is 0. The molecule has 0 aliphatic carbocycles. The molecule has 0 aliphatic heterocycles. The van der Waals surface area contributed by atoms with Gasteiger partial charge in [-0.15, -0.1) is 0 Å². The van der Waals surface area contributed by atoms with E-state index in [-0.39, 0.29) is 0 Å². The van der Waals surface area contributed by atoms with Crippen molar-refractivity contribution in [3.05, 3.63) is 30.5 Å². The number of hydrogen-bond donors (Lipinski definition) is 1. The Morgan fingerprint density at radius 3 is 2.54 bits per heavy atom. The predicted octanol–water partition coefficient (Wildman–Crippen LogP) is 2.76. The van der Waals surface area contributed by atoms with Gasteiger partial charge < -0.3 is 9.88 Å². The fraction of sp³-hybridized carbons (Fsp3) is 0.273. The molecule has 1 N–H and O–H groups in total. The summed E-state index contributed by atoms with van der Waals surface area (Å²) in [5.41, 5.74) is 3.32. The summed E-state index contributed by atoms with van der Waals surface area (Å²) in [6.45, 7) is 9.72. The van der Waals surface area contributed by atoms with Crippen LogP contribution in [0.2, 0.25) is 0 Å². The van der Waals surface area contributed by atoms with Crippen molar-refractivity contribution < 1.29 is 0 Å². The van der Waals surface area contributed by atoms with Crippen LogP contribution in [0.3, 0.4) is 0 Å². The minimum absolute atomic E-state index is 1.06. The third-order valence-electron chi connectivity index (χ3n) is 1.98. The van der Waals surface area contributed by atoms with Crippen molar-refractivity contribution in [1.82, 2.24) is 4.98 Å². The first-order valence-electron chi connectivity index (χ1n) is 4.25. The SMILES string of the molecule is C=Cc1c[nH]c(N(C)C)c1C(=C)C. The van der Waals surface area contributed by atoms with Crippen LogP contribution in [0, 0.1) is 0 Å². The molecule has 2 heteroatoms. The highest BCUT2D eigenvalue weighted by atomic mass is 15.1. The summed E-state index contributed by atoms with van der Waals surface area (Å²) in [4.78, 5) is 5.24. The zero-order valence-corrected chi connectivity index (χ0v) is 8.52. The van der Waals surface area contributed by atoms with E-state index in [0.717, 1.165) is 22.5 Å². The van der Waals surface area contributed by atoms with E-state index in [2.05, 4.69) is 18.1 Å². The van der Waals surface area contributed by atoms with Crippen molar-refractivity contribution in [3.8, 4) is 0 Å². The second-order valence-corrected chi connectivity index (χ2v) is 3.35. The molecule has 13 heavy (non-hydrogen) atoms. The Morgan fingerprint density at radius 1 is 1.54 bits per heavy atom. The van der Waals surface area contributed by atoms with Gasteiger partial charge in [0.1, 0.15) is 5.82 Å². The van der Waals surface area contributed by atoms with Crippen LogP contribution in [-0.4, -0.2) is 19.1 Å². The lowest BCUT2D eigenvalue weighted by Gasteiger charge is -2.13. The molecule has 0 aromatic carbocycles. The van der Waals surface area contributed by atoms with Gasteiger partial charge in [0.15, 0.2) is 0 Å². The van der Waals surface area contributed by atoms with Crippen molar-refractivity contribution in [2.45, 2.75) is 6.92 Å². The van der Waals surface area contributed by atoms with E-state index in [1.54, 1.807) is 0 Å². The average molecular weight is 176 g/mol. The normalized spacial score (nSPS) is 9.77. The van der Waals surface area contributed by atoms with E-state index in [1.165, 1.54) is 0 Å². The third-order valence-corrected chi connectivity index (χ3v) is 1.98. The fourth-order valence-electron chi connectivity index (χ4n) is 1.39. The first-order valence-corrected chi connectivity index (χ1v) is 4.25. The molecule has 0 radical (unpaired) electrons. The average Bonchev–Trinajstić information content (AvgIpc) is 2.46. The van der Waals surface area contributed by atoms with Gasteiger partial charge in [-0.05, 0) is 12.5 Å². The van der Waals surface area contributed by atoms with Crippen molar-refractivity contribution in [3.63, 3.8) is 0 Å². The Morgan fingerprint density at radius 2 is 2.15 bits per heavy atom. The Kier molecular flexibility index (Phi) is 2.61. The van der Waals surface area contributed by atoms with Crippen LogP contribution in [0.4, 0.5) is 5.82 Å². The van der Waals surface area contributed by atoms with E-state index < -0.39 is 0 Å². The lowest BCUT2D eigenvalue weighted by molar-refractivity contribution is 1.08. The van der Waals surface area contributed by atoms with Gasteiger partial charge in [0.25, 0.3) is 0 Å². The van der Waals surface area contributed by atoms with Crippen LogP contribution < -0.4 is 4.90 Å². The van der Waals surface area contributed by atoms with Crippen LogP contribution in [0.1, 0.15) is 18.1 Å². The van der Waals surface area contributed by atoms with Crippen molar-refractivity contribution in [2.24, 2.45) is 0 Å². The van der Waals surface area contributed by atoms with Crippen LogP contribution in [0.5, 0.6) is 0 Å². The van der Waals surface area contributed by atoms with E-state index in [1.807, 2.05) is 38.2 Å². The molecule has 0 fully saturated rings. The molecule has 0 amide bonds. The molecular weight excluding hydrogens is 160 g/mol. The Bertz CT molecular complexity index is 332. The standard InChI is InChI=1S/C11H16N2/c1-6-9-7-12-11(13(4)5)10(9)8(2)3/h6-7,12H,1-2H2,3-5H3. The lowest BCUT2D eigenvalue weighted by atomic mass is 10.1. The summed E-state index contributed by atoms with van der Waals surface area (Å²) in [5.74, 6) is 1.09. The number of nitrogens with one attached hydrogen (secondary N) is 1. The molecule has 1 aromatic rings. The zero-order valence-electron chi connectivity index (χ0n) is 8.52. The highest BCUT2D eigenvalue weighted by Gasteiger charge is 2.10. The fourth-order valence-corrected chi connectivity index (χ4v) is 1.39. The predicted molar refractivity (Wildman–Crippen MR) is 59.9 cm³/mol. The first kappa shape index (κ1) is 9.65. The molecule has 0 bridgehead atoms. The maximum Gasteiger partial charge on any atom is 0.113 e. The monoisotopic (exact) mass is 176 g/mol. The number of rotatable bonds is 3. The van der Waals surface area contributed by atoms with Gasteiger partial charge in [0, 0.05) is 31.4 Å². The first-order chi connectivity index (χ1) is 6.07. The highest BCUT2D eigenvalue weighted by Crippen LogP contribution is 2.28. The molecule has 0 saturated carbocycles. The molecule has 2 nitrogen and oxygen atoms in total. The van der Waals surface area contributed by atoms with E-state index in [4.69, 9.17) is 0 Å². The summed E-state index contributed by atoms with van der Waals surface area (Å²) in [6.07, 6.45) is 3.79. The maximum absolute atomic E-state index is 3.95. The minimum Gasteiger partial charge on any atom is -0.364 e. The smallest absolute Gasteiger partial charge is 0.113 e. The number of hydrogen-bond acceptors (Lipinski definition) is 1. The minimum atomic E-state index is 1.06. The summed E-state index contributed by atoms with van der Waals surface area (Å²) in [6, 6.07) is 0. The van der Waals surface area contributed by atoms with E-state index in [9.17, 15) is 0 Å². The van der Waals surface area contributed by atoms with Crippen LogP contribution in [-0.2, 0) is 0 Å². The van der Waals surface area contributed by atoms with Crippen LogP contribution >= 0.6 is 0 Å². The molecular formula is C11H16N2. The largest absolute Gasteiger partial charge is 0.364 e. The number of aromatic amines is 1.